The SMILES string of the molecule is Nc1c(Cl)cc(C[C@@H](OC(O)CCC2CCC(N3CCc4cscc4NC3=O)CC2)C(=O)CCC2CCCC(N3CCCCC3)CC2)cc1C(F)(F)F. The molecule has 4 aliphatic rings. The third-order valence-electron chi connectivity index (χ3n) is 12.3. The lowest BCUT2D eigenvalue weighted by molar-refractivity contribution is -0.161. The van der Waals surface area contributed by atoms with E-state index in [1.165, 1.54) is 50.4 Å². The monoisotopic (exact) mass is 780 g/mol. The number of anilines is 2. The second kappa shape index (κ2) is 18.5. The van der Waals surface area contributed by atoms with Crippen LogP contribution in [0, 0.1) is 11.8 Å². The Labute approximate surface area is 320 Å². The number of alkyl halides is 3. The Kier molecular flexibility index (Phi) is 14.1. The van der Waals surface area contributed by atoms with E-state index in [1.807, 2.05) is 10.3 Å². The number of hydrogen-bond acceptors (Lipinski definition) is 7. The van der Waals surface area contributed by atoms with E-state index in [1.54, 1.807) is 11.3 Å². The second-order valence-corrected chi connectivity index (χ2v) is 17.0. The van der Waals surface area contributed by atoms with Gasteiger partial charge in [0.1, 0.15) is 6.10 Å². The molecule has 13 heteroatoms. The maximum absolute atomic E-state index is 13.8. The van der Waals surface area contributed by atoms with Crippen molar-refractivity contribution in [1.29, 1.82) is 0 Å². The first-order valence-electron chi connectivity index (χ1n) is 19.8. The smallest absolute Gasteiger partial charge is 0.397 e. The maximum atomic E-state index is 13.8. The standard InChI is InChI=1S/C40H56ClF3N4O4S/c41-33-22-28(21-32(38(33)45)40(42,43)44)23-36(35(49)15-10-26-5-4-6-30(12-7-26)47-18-2-1-3-19-47)52-37(50)16-11-27-8-13-31(14-9-27)48-20-17-29-24-53-25-34(29)46-39(48)51/h21-22,24-27,30-31,36-37,50H,1-20,23,45H2,(H,46,51)/t26?,27?,30?,31?,36-,37?/m1/s1. The number of Topliss-reactive ketones (excluding diaryl/α,β-unsaturated/α-hetero) is 1. The molecule has 3 unspecified atom stereocenters. The van der Waals surface area contributed by atoms with Crippen molar-refractivity contribution in [2.75, 3.05) is 30.7 Å². The number of ether oxygens (including phenoxy) is 1. The minimum atomic E-state index is -4.71. The molecule has 2 amide bonds. The van der Waals surface area contributed by atoms with Crippen molar-refractivity contribution >= 4 is 46.1 Å². The van der Waals surface area contributed by atoms with Gasteiger partial charge < -0.3 is 30.7 Å². The number of nitrogens with one attached hydrogen (secondary N) is 1. The molecule has 294 valence electrons. The third-order valence-corrected chi connectivity index (χ3v) is 13.4. The molecule has 2 saturated carbocycles. The van der Waals surface area contributed by atoms with Crippen LogP contribution in [0.2, 0.25) is 5.02 Å². The number of thiophene rings is 1. The highest BCUT2D eigenvalue weighted by Crippen LogP contribution is 2.39. The number of rotatable bonds is 13. The molecular formula is C40H56ClF3N4O4S. The number of nitrogens with zero attached hydrogens (tertiary/aromatic N) is 2. The normalized spacial score (nSPS) is 25.9. The number of urea groups is 1. The summed E-state index contributed by atoms with van der Waals surface area (Å²) >= 11 is 7.74. The van der Waals surface area contributed by atoms with E-state index >= 15 is 0 Å². The van der Waals surface area contributed by atoms with Crippen LogP contribution in [0.1, 0.15) is 119 Å². The van der Waals surface area contributed by atoms with Crippen LogP contribution in [-0.4, -0.2) is 70.8 Å². The van der Waals surface area contributed by atoms with Gasteiger partial charge in [-0.2, -0.15) is 13.2 Å². The Hall–Kier alpha value is -2.38. The first-order valence-corrected chi connectivity index (χ1v) is 21.1. The first kappa shape index (κ1) is 40.3. The van der Waals surface area contributed by atoms with Crippen molar-refractivity contribution in [3.63, 3.8) is 0 Å². The van der Waals surface area contributed by atoms with Gasteiger partial charge in [-0.1, -0.05) is 30.9 Å². The molecule has 8 nitrogen and oxygen atoms in total. The molecule has 53 heavy (non-hydrogen) atoms. The summed E-state index contributed by atoms with van der Waals surface area (Å²) in [5.41, 5.74) is 6.36. The molecule has 1 saturated heterocycles. The van der Waals surface area contributed by atoms with Crippen LogP contribution < -0.4 is 11.1 Å². The van der Waals surface area contributed by atoms with Crippen LogP contribution in [0.25, 0.3) is 0 Å². The highest BCUT2D eigenvalue weighted by molar-refractivity contribution is 7.08. The van der Waals surface area contributed by atoms with Gasteiger partial charge in [-0.3, -0.25) is 4.79 Å². The minimum Gasteiger partial charge on any atom is -0.397 e. The zero-order chi connectivity index (χ0) is 37.5. The Morgan fingerprint density at radius 3 is 2.42 bits per heavy atom. The molecule has 0 spiro atoms. The van der Waals surface area contributed by atoms with Crippen molar-refractivity contribution in [2.24, 2.45) is 11.8 Å². The molecule has 4 N–H and O–H groups in total. The number of piperidine rings is 1. The molecule has 1 aromatic heterocycles. The van der Waals surface area contributed by atoms with Gasteiger partial charge in [0.05, 0.1) is 22.0 Å². The molecule has 4 atom stereocenters. The fraction of sp³-hybridized carbons (Fsp3) is 0.700. The number of nitrogen functional groups attached to an aromatic ring is 1. The van der Waals surface area contributed by atoms with Crippen LogP contribution >= 0.6 is 22.9 Å². The molecule has 1 aromatic carbocycles. The topological polar surface area (TPSA) is 108 Å². The zero-order valence-electron chi connectivity index (χ0n) is 30.7. The lowest BCUT2D eigenvalue weighted by Crippen LogP contribution is -2.44. The molecule has 2 aliphatic carbocycles. The number of aliphatic hydroxyl groups is 1. The van der Waals surface area contributed by atoms with E-state index in [2.05, 4.69) is 15.6 Å². The summed E-state index contributed by atoms with van der Waals surface area (Å²) in [5.74, 6) is 0.530. The minimum absolute atomic E-state index is 0.0458. The van der Waals surface area contributed by atoms with E-state index in [0.717, 1.165) is 69.5 Å². The number of likely N-dealkylation sites (tertiary alicyclic amines) is 1. The van der Waals surface area contributed by atoms with Crippen molar-refractivity contribution in [3.05, 3.63) is 44.6 Å². The maximum Gasteiger partial charge on any atom is 0.418 e. The Morgan fingerprint density at radius 1 is 0.962 bits per heavy atom. The number of carbonyl (C=O) groups excluding carboxylic acids is 2. The van der Waals surface area contributed by atoms with E-state index in [0.29, 0.717) is 43.7 Å². The van der Waals surface area contributed by atoms with Crippen LogP contribution in [0.15, 0.2) is 22.9 Å². The van der Waals surface area contributed by atoms with Crippen LogP contribution in [-0.2, 0) is 28.5 Å². The summed E-state index contributed by atoms with van der Waals surface area (Å²) in [5, 5.41) is 18.0. The summed E-state index contributed by atoms with van der Waals surface area (Å²) in [6.07, 6.45) is 8.55. The molecule has 3 heterocycles. The molecule has 0 radical (unpaired) electrons. The highest BCUT2D eigenvalue weighted by Gasteiger charge is 2.36. The number of halogens is 4. The molecule has 2 aromatic rings. The Balaban J connectivity index is 1.03. The number of benzene rings is 1. The number of carbonyl (C=O) groups is 2. The molecule has 0 bridgehead atoms. The van der Waals surface area contributed by atoms with Gasteiger partial charge in [-0.25, -0.2) is 4.79 Å². The van der Waals surface area contributed by atoms with Gasteiger partial charge in [-0.05, 0) is 137 Å². The summed E-state index contributed by atoms with van der Waals surface area (Å²) in [4.78, 5) is 31.4. The van der Waals surface area contributed by atoms with Crippen LogP contribution in [0.4, 0.5) is 29.3 Å². The number of aliphatic hydroxyl groups excluding tert-OH is 1. The van der Waals surface area contributed by atoms with E-state index in [-0.39, 0.29) is 41.3 Å². The number of ketones is 1. The van der Waals surface area contributed by atoms with Gasteiger partial charge in [0.25, 0.3) is 0 Å². The lowest BCUT2D eigenvalue weighted by Gasteiger charge is -2.36. The van der Waals surface area contributed by atoms with Gasteiger partial charge in [0.15, 0.2) is 12.1 Å². The van der Waals surface area contributed by atoms with E-state index in [9.17, 15) is 27.9 Å². The number of amides is 2. The number of fused-ring (bicyclic) bond motifs is 1. The second-order valence-electron chi connectivity index (χ2n) is 15.9. The summed E-state index contributed by atoms with van der Waals surface area (Å²) in [6, 6.07) is 3.02. The van der Waals surface area contributed by atoms with E-state index in [4.69, 9.17) is 22.1 Å². The largest absolute Gasteiger partial charge is 0.418 e. The molecule has 2 aliphatic heterocycles. The number of nitrogens with two attached hydrogens (primary N) is 1. The molecule has 6 rings (SSSR count). The quantitative estimate of drug-likeness (QED) is 0.106. The highest BCUT2D eigenvalue weighted by atomic mass is 35.5. The van der Waals surface area contributed by atoms with Gasteiger partial charge in [-0.15, -0.1) is 11.3 Å². The predicted molar refractivity (Wildman–Crippen MR) is 204 cm³/mol. The molecule has 3 fully saturated rings. The van der Waals surface area contributed by atoms with Crippen molar-refractivity contribution in [1.82, 2.24) is 9.80 Å². The van der Waals surface area contributed by atoms with Crippen LogP contribution in [0.3, 0.4) is 0 Å². The number of hydrogen-bond donors (Lipinski definition) is 3. The molecular weight excluding hydrogens is 725 g/mol. The van der Waals surface area contributed by atoms with Gasteiger partial charge >= 0.3 is 12.2 Å². The van der Waals surface area contributed by atoms with Gasteiger partial charge in [0.2, 0.25) is 0 Å². The summed E-state index contributed by atoms with van der Waals surface area (Å²) in [7, 11) is 0. The summed E-state index contributed by atoms with van der Waals surface area (Å²) < 4.78 is 47.4. The average molecular weight is 781 g/mol. The van der Waals surface area contributed by atoms with E-state index < -0.39 is 29.8 Å². The van der Waals surface area contributed by atoms with Crippen molar-refractivity contribution < 1.29 is 32.6 Å². The van der Waals surface area contributed by atoms with Crippen molar-refractivity contribution in [3.8, 4) is 0 Å². The fourth-order valence-electron chi connectivity index (χ4n) is 9.17. The predicted octanol–water partition coefficient (Wildman–Crippen LogP) is 9.46. The Morgan fingerprint density at radius 2 is 1.68 bits per heavy atom. The Bertz CT molecular complexity index is 1530. The first-order chi connectivity index (χ1) is 25.4. The fourth-order valence-corrected chi connectivity index (χ4v) is 10.2. The zero-order valence-corrected chi connectivity index (χ0v) is 32.3. The van der Waals surface area contributed by atoms with Crippen LogP contribution in [0.5, 0.6) is 0 Å². The average Bonchev–Trinajstić information content (AvgIpc) is 3.34. The third kappa shape index (κ3) is 10.9. The lowest BCUT2D eigenvalue weighted by atomic mass is 9.82. The summed E-state index contributed by atoms with van der Waals surface area (Å²) in [6.45, 7) is 3.04. The van der Waals surface area contributed by atoms with Gasteiger partial charge in [0, 0.05) is 36.9 Å². The van der Waals surface area contributed by atoms with Crippen molar-refractivity contribution in [2.45, 2.75) is 146 Å².